The number of aromatic nitrogens is 1. The summed E-state index contributed by atoms with van der Waals surface area (Å²) < 4.78 is 0. The van der Waals surface area contributed by atoms with E-state index in [1.54, 1.807) is 6.07 Å². The summed E-state index contributed by atoms with van der Waals surface area (Å²) in [6, 6.07) is 20.4. The van der Waals surface area contributed by atoms with E-state index >= 15 is 0 Å². The second kappa shape index (κ2) is 8.95. The first-order valence-electron chi connectivity index (χ1n) is 9.23. The molecule has 1 aromatic heterocycles. The van der Waals surface area contributed by atoms with E-state index in [-0.39, 0.29) is 23.4 Å². The van der Waals surface area contributed by atoms with E-state index < -0.39 is 0 Å². The van der Waals surface area contributed by atoms with Crippen molar-refractivity contribution in [2.45, 2.75) is 26.3 Å². The Labute approximate surface area is 164 Å². The van der Waals surface area contributed by atoms with Crippen molar-refractivity contribution in [2.24, 2.45) is 0 Å². The maximum atomic E-state index is 12.6. The standard InChI is InChI=1S/C23H23N3O2/c1-16(2)19-10-6-7-11-20(19)26-23(28)21-14-18(12-13-24-21)22(27)25-15-17-8-4-3-5-9-17/h3-14,16H,15H2,1-2H3,(H,25,27)(H,26,28). The van der Waals surface area contributed by atoms with Crippen molar-refractivity contribution in [3.8, 4) is 0 Å². The van der Waals surface area contributed by atoms with Crippen LogP contribution >= 0.6 is 0 Å². The molecule has 0 spiro atoms. The molecule has 3 rings (SSSR count). The van der Waals surface area contributed by atoms with Crippen molar-refractivity contribution in [1.29, 1.82) is 0 Å². The van der Waals surface area contributed by atoms with E-state index in [1.165, 1.54) is 12.3 Å². The maximum absolute atomic E-state index is 12.6. The van der Waals surface area contributed by atoms with E-state index in [2.05, 4.69) is 29.5 Å². The number of benzene rings is 2. The number of rotatable bonds is 6. The van der Waals surface area contributed by atoms with Gasteiger partial charge < -0.3 is 10.6 Å². The maximum Gasteiger partial charge on any atom is 0.274 e. The third-order valence-electron chi connectivity index (χ3n) is 4.38. The SMILES string of the molecule is CC(C)c1ccccc1NC(=O)c1cc(C(=O)NCc2ccccc2)ccn1. The van der Waals surface area contributed by atoms with Crippen molar-refractivity contribution in [3.63, 3.8) is 0 Å². The number of pyridine rings is 1. The Morgan fingerprint density at radius 1 is 0.929 bits per heavy atom. The minimum Gasteiger partial charge on any atom is -0.348 e. The van der Waals surface area contributed by atoms with Gasteiger partial charge in [0, 0.05) is 24.0 Å². The molecule has 0 saturated carbocycles. The lowest BCUT2D eigenvalue weighted by molar-refractivity contribution is 0.0951. The molecule has 142 valence electrons. The van der Waals surface area contributed by atoms with Crippen LogP contribution in [0.1, 0.15) is 51.7 Å². The van der Waals surface area contributed by atoms with Gasteiger partial charge in [0.2, 0.25) is 0 Å². The van der Waals surface area contributed by atoms with Crippen LogP contribution in [0.2, 0.25) is 0 Å². The van der Waals surface area contributed by atoms with Gasteiger partial charge in [-0.3, -0.25) is 14.6 Å². The molecule has 0 saturated heterocycles. The summed E-state index contributed by atoms with van der Waals surface area (Å²) in [5, 5.41) is 5.76. The van der Waals surface area contributed by atoms with E-state index in [9.17, 15) is 9.59 Å². The number of nitrogens with zero attached hydrogens (tertiary/aromatic N) is 1. The highest BCUT2D eigenvalue weighted by Gasteiger charge is 2.14. The average Bonchev–Trinajstić information content (AvgIpc) is 2.73. The molecular formula is C23H23N3O2. The monoisotopic (exact) mass is 373 g/mol. The zero-order valence-corrected chi connectivity index (χ0v) is 16.0. The van der Waals surface area contributed by atoms with Crippen molar-refractivity contribution >= 4 is 17.5 Å². The minimum atomic E-state index is -0.342. The van der Waals surface area contributed by atoms with E-state index in [0.717, 1.165) is 16.8 Å². The molecule has 0 bridgehead atoms. The number of anilines is 1. The molecule has 5 nitrogen and oxygen atoms in total. The van der Waals surface area contributed by atoms with Crippen LogP contribution in [0.4, 0.5) is 5.69 Å². The first-order valence-corrected chi connectivity index (χ1v) is 9.23. The first-order chi connectivity index (χ1) is 13.5. The normalized spacial score (nSPS) is 10.5. The average molecular weight is 373 g/mol. The molecule has 0 aliphatic carbocycles. The van der Waals surface area contributed by atoms with Crippen molar-refractivity contribution in [3.05, 3.63) is 95.3 Å². The highest BCUT2D eigenvalue weighted by atomic mass is 16.2. The summed E-state index contributed by atoms with van der Waals surface area (Å²) in [6.45, 7) is 4.56. The number of para-hydroxylation sites is 1. The van der Waals surface area contributed by atoms with Gasteiger partial charge in [-0.25, -0.2) is 0 Å². The van der Waals surface area contributed by atoms with Crippen molar-refractivity contribution in [2.75, 3.05) is 5.32 Å². The zero-order valence-electron chi connectivity index (χ0n) is 16.0. The quantitative estimate of drug-likeness (QED) is 0.673. The van der Waals surface area contributed by atoms with E-state index in [4.69, 9.17) is 0 Å². The number of nitrogens with one attached hydrogen (secondary N) is 2. The largest absolute Gasteiger partial charge is 0.348 e. The Balaban J connectivity index is 1.70. The zero-order chi connectivity index (χ0) is 19.9. The first kappa shape index (κ1) is 19.3. The topological polar surface area (TPSA) is 71.1 Å². The fraction of sp³-hybridized carbons (Fsp3) is 0.174. The highest BCUT2D eigenvalue weighted by molar-refractivity contribution is 6.05. The van der Waals surface area contributed by atoms with Crippen LogP contribution in [0.15, 0.2) is 72.9 Å². The van der Waals surface area contributed by atoms with Crippen LogP contribution in [0.25, 0.3) is 0 Å². The van der Waals surface area contributed by atoms with Gasteiger partial charge >= 0.3 is 0 Å². The van der Waals surface area contributed by atoms with Crippen LogP contribution in [-0.4, -0.2) is 16.8 Å². The summed E-state index contributed by atoms with van der Waals surface area (Å²) in [5.74, 6) is -0.312. The minimum absolute atomic E-state index is 0.200. The Morgan fingerprint density at radius 2 is 1.64 bits per heavy atom. The molecule has 0 atom stereocenters. The number of hydrogen-bond acceptors (Lipinski definition) is 3. The molecular weight excluding hydrogens is 350 g/mol. The number of carbonyl (C=O) groups excluding carboxylic acids is 2. The van der Waals surface area contributed by atoms with Crippen LogP contribution in [-0.2, 0) is 6.54 Å². The van der Waals surface area contributed by atoms with Crippen molar-refractivity contribution < 1.29 is 9.59 Å². The Kier molecular flexibility index (Phi) is 6.17. The van der Waals surface area contributed by atoms with Crippen LogP contribution < -0.4 is 10.6 Å². The molecule has 28 heavy (non-hydrogen) atoms. The molecule has 5 heteroatoms. The summed E-state index contributed by atoms with van der Waals surface area (Å²) >= 11 is 0. The molecule has 1 heterocycles. The molecule has 0 aliphatic rings. The molecule has 2 aromatic carbocycles. The van der Waals surface area contributed by atoms with Gasteiger partial charge in [0.05, 0.1) is 0 Å². The van der Waals surface area contributed by atoms with Gasteiger partial charge in [-0.15, -0.1) is 0 Å². The fourth-order valence-electron chi connectivity index (χ4n) is 2.88. The smallest absolute Gasteiger partial charge is 0.274 e. The lowest BCUT2D eigenvalue weighted by atomic mass is 10.0. The number of carbonyl (C=O) groups is 2. The Bertz CT molecular complexity index is 968. The van der Waals surface area contributed by atoms with Gasteiger partial charge in [-0.05, 0) is 35.2 Å². The molecule has 0 radical (unpaired) electrons. The molecule has 3 aromatic rings. The van der Waals surface area contributed by atoms with Gasteiger partial charge in [-0.2, -0.15) is 0 Å². The molecule has 2 amide bonds. The van der Waals surface area contributed by atoms with Crippen LogP contribution in [0.5, 0.6) is 0 Å². The molecule has 0 unspecified atom stereocenters. The third kappa shape index (κ3) is 4.82. The van der Waals surface area contributed by atoms with Gasteiger partial charge in [0.1, 0.15) is 5.69 Å². The third-order valence-corrected chi connectivity index (χ3v) is 4.38. The summed E-state index contributed by atoms with van der Waals surface area (Å²) in [6.07, 6.45) is 1.47. The van der Waals surface area contributed by atoms with Gasteiger partial charge in [0.15, 0.2) is 0 Å². The highest BCUT2D eigenvalue weighted by Crippen LogP contribution is 2.24. The second-order valence-corrected chi connectivity index (χ2v) is 6.79. The predicted molar refractivity (Wildman–Crippen MR) is 110 cm³/mol. The summed E-state index contributed by atoms with van der Waals surface area (Å²) in [5.41, 5.74) is 3.41. The molecule has 0 aliphatic heterocycles. The number of hydrogen-bond donors (Lipinski definition) is 2. The molecule has 0 fully saturated rings. The fourth-order valence-corrected chi connectivity index (χ4v) is 2.88. The van der Waals surface area contributed by atoms with Gasteiger partial charge in [0.25, 0.3) is 11.8 Å². The molecule has 2 N–H and O–H groups in total. The summed E-state index contributed by atoms with van der Waals surface area (Å²) in [4.78, 5) is 29.2. The Morgan fingerprint density at radius 3 is 2.39 bits per heavy atom. The second-order valence-electron chi connectivity index (χ2n) is 6.79. The van der Waals surface area contributed by atoms with Crippen LogP contribution in [0, 0.1) is 0 Å². The summed E-state index contributed by atoms with van der Waals surface area (Å²) in [7, 11) is 0. The lowest BCUT2D eigenvalue weighted by Crippen LogP contribution is -2.23. The van der Waals surface area contributed by atoms with E-state index in [1.807, 2.05) is 54.6 Å². The lowest BCUT2D eigenvalue weighted by Gasteiger charge is -2.13. The van der Waals surface area contributed by atoms with Crippen molar-refractivity contribution in [1.82, 2.24) is 10.3 Å². The predicted octanol–water partition coefficient (Wildman–Crippen LogP) is 4.39. The van der Waals surface area contributed by atoms with Crippen LogP contribution in [0.3, 0.4) is 0 Å². The van der Waals surface area contributed by atoms with Gasteiger partial charge in [-0.1, -0.05) is 62.4 Å². The Hall–Kier alpha value is -3.47. The number of amides is 2. The van der Waals surface area contributed by atoms with E-state index in [0.29, 0.717) is 12.1 Å².